The maximum Gasteiger partial charge on any atom is 0.293 e. The van der Waals surface area contributed by atoms with Gasteiger partial charge in [-0.2, -0.15) is 4.74 Å². The Balaban J connectivity index is 2.22. The predicted molar refractivity (Wildman–Crippen MR) is 87.3 cm³/mol. The first-order chi connectivity index (χ1) is 10.9. The van der Waals surface area contributed by atoms with E-state index >= 15 is 0 Å². The van der Waals surface area contributed by atoms with Crippen LogP contribution in [0.2, 0.25) is 5.02 Å². The lowest BCUT2D eigenvalue weighted by Crippen LogP contribution is -2.60. The Morgan fingerprint density at radius 2 is 1.91 bits per heavy atom. The quantitative estimate of drug-likeness (QED) is 0.357. The minimum atomic E-state index is -1.34. The van der Waals surface area contributed by atoms with Gasteiger partial charge in [-0.3, -0.25) is 0 Å². The number of benzene rings is 1. The molecule has 0 bridgehead atoms. The average Bonchev–Trinajstić information content (AvgIpc) is 2.68. The first-order valence-electron chi connectivity index (χ1n) is 7.67. The van der Waals surface area contributed by atoms with Crippen LogP contribution in [0.4, 0.5) is 0 Å². The standard InChI is InChI=1S/C16H20ClN3O3/c1-15(2)14(11-6-8-12(17)9-7-11)19(22)16(20(15)23)10-4-3-5-13(16)18-21/h6-9,21,23H,3-5,10H2,1-2H3/b18-13-. The molecule has 1 aromatic rings. The maximum absolute atomic E-state index is 13.2. The lowest BCUT2D eigenvalue weighted by Gasteiger charge is -2.38. The summed E-state index contributed by atoms with van der Waals surface area (Å²) in [5.74, 6) is 0. The molecule has 1 aromatic carbocycles. The highest BCUT2D eigenvalue weighted by Crippen LogP contribution is 2.42. The topological polar surface area (TPSA) is 82.1 Å². The Morgan fingerprint density at radius 1 is 1.26 bits per heavy atom. The lowest BCUT2D eigenvalue weighted by molar-refractivity contribution is -0.568. The van der Waals surface area contributed by atoms with Crippen LogP contribution in [0, 0.1) is 5.21 Å². The normalized spacial score (nSPS) is 29.7. The second-order valence-electron chi connectivity index (χ2n) is 6.59. The zero-order chi connectivity index (χ0) is 16.8. The van der Waals surface area contributed by atoms with Crippen molar-refractivity contribution in [1.29, 1.82) is 0 Å². The number of halogens is 1. The van der Waals surface area contributed by atoms with Crippen molar-refractivity contribution in [3.63, 3.8) is 0 Å². The number of nitrogens with zero attached hydrogens (tertiary/aromatic N) is 3. The first-order valence-corrected chi connectivity index (χ1v) is 8.05. The lowest BCUT2D eigenvalue weighted by atomic mass is 9.86. The largest absolute Gasteiger partial charge is 0.622 e. The number of oxime groups is 1. The van der Waals surface area contributed by atoms with Gasteiger partial charge in [0.15, 0.2) is 0 Å². The number of rotatable bonds is 1. The fraction of sp³-hybridized carbons (Fsp3) is 0.500. The third kappa shape index (κ3) is 2.16. The van der Waals surface area contributed by atoms with Gasteiger partial charge in [0.1, 0.15) is 11.3 Å². The van der Waals surface area contributed by atoms with Crippen molar-refractivity contribution in [1.82, 2.24) is 5.06 Å². The van der Waals surface area contributed by atoms with Gasteiger partial charge in [0.05, 0.1) is 0 Å². The molecule has 0 aromatic heterocycles. The van der Waals surface area contributed by atoms with E-state index in [0.29, 0.717) is 34.9 Å². The Kier molecular flexibility index (Phi) is 3.86. The van der Waals surface area contributed by atoms with Gasteiger partial charge in [0, 0.05) is 17.0 Å². The summed E-state index contributed by atoms with van der Waals surface area (Å²) >= 11 is 5.93. The van der Waals surface area contributed by atoms with Gasteiger partial charge in [-0.05, 0) is 57.4 Å². The summed E-state index contributed by atoms with van der Waals surface area (Å²) in [4.78, 5) is 0. The third-order valence-corrected chi connectivity index (χ3v) is 5.14. The van der Waals surface area contributed by atoms with E-state index in [0.717, 1.165) is 22.6 Å². The average molecular weight is 338 g/mol. The molecule has 2 N–H and O–H groups in total. The third-order valence-electron chi connectivity index (χ3n) is 4.89. The SMILES string of the molecule is CC1(C)C(c2ccc(Cl)cc2)=[N+]([O-])C2(CCCC/C2=N/O)N1O. The molecule has 1 atom stereocenters. The van der Waals surface area contributed by atoms with Crippen molar-refractivity contribution in [3.8, 4) is 0 Å². The van der Waals surface area contributed by atoms with Crippen LogP contribution in [0.1, 0.15) is 45.1 Å². The van der Waals surface area contributed by atoms with Gasteiger partial charge in [-0.1, -0.05) is 16.8 Å². The van der Waals surface area contributed by atoms with Crippen LogP contribution >= 0.6 is 11.6 Å². The second-order valence-corrected chi connectivity index (χ2v) is 7.03. The zero-order valence-electron chi connectivity index (χ0n) is 13.2. The summed E-state index contributed by atoms with van der Waals surface area (Å²) in [6.07, 6.45) is 2.50. The Labute approximate surface area is 139 Å². The van der Waals surface area contributed by atoms with Crippen molar-refractivity contribution >= 4 is 23.0 Å². The summed E-state index contributed by atoms with van der Waals surface area (Å²) in [6, 6.07) is 6.94. The van der Waals surface area contributed by atoms with Gasteiger partial charge < -0.3 is 15.6 Å². The highest BCUT2D eigenvalue weighted by molar-refractivity contribution is 6.30. The van der Waals surface area contributed by atoms with Crippen molar-refractivity contribution < 1.29 is 15.2 Å². The van der Waals surface area contributed by atoms with E-state index in [9.17, 15) is 15.6 Å². The van der Waals surface area contributed by atoms with E-state index in [1.165, 1.54) is 0 Å². The van der Waals surface area contributed by atoms with Crippen molar-refractivity contribution in [2.75, 3.05) is 0 Å². The highest BCUT2D eigenvalue weighted by Gasteiger charge is 2.65. The molecule has 124 valence electrons. The van der Waals surface area contributed by atoms with Gasteiger partial charge in [-0.25, -0.2) is 0 Å². The molecule has 2 aliphatic rings. The van der Waals surface area contributed by atoms with Gasteiger partial charge in [0.25, 0.3) is 5.66 Å². The van der Waals surface area contributed by atoms with Gasteiger partial charge in [-0.15, -0.1) is 5.06 Å². The van der Waals surface area contributed by atoms with Crippen LogP contribution in [0.3, 0.4) is 0 Å². The van der Waals surface area contributed by atoms with E-state index in [2.05, 4.69) is 5.16 Å². The summed E-state index contributed by atoms with van der Waals surface area (Å²) in [5.41, 5.74) is -0.847. The smallest absolute Gasteiger partial charge is 0.293 e. The van der Waals surface area contributed by atoms with E-state index in [1.807, 2.05) is 0 Å². The predicted octanol–water partition coefficient (Wildman–Crippen LogP) is 3.22. The minimum absolute atomic E-state index is 0.304. The van der Waals surface area contributed by atoms with Crippen LogP contribution in [-0.4, -0.2) is 42.8 Å². The maximum atomic E-state index is 13.2. The summed E-state index contributed by atoms with van der Waals surface area (Å²) in [6.45, 7) is 3.56. The molecule has 1 spiro atoms. The highest BCUT2D eigenvalue weighted by atomic mass is 35.5. The van der Waals surface area contributed by atoms with Crippen LogP contribution in [0.5, 0.6) is 0 Å². The Hall–Kier alpha value is -1.63. The molecule has 1 fully saturated rings. The van der Waals surface area contributed by atoms with Gasteiger partial charge in [0.2, 0.25) is 5.71 Å². The second kappa shape index (κ2) is 5.47. The Bertz CT molecular complexity index is 684. The molecule has 0 radical (unpaired) electrons. The molecule has 1 aliphatic carbocycles. The number of hydrogen-bond donors (Lipinski definition) is 2. The van der Waals surface area contributed by atoms with E-state index < -0.39 is 11.2 Å². The fourth-order valence-corrected chi connectivity index (χ4v) is 3.87. The molecule has 23 heavy (non-hydrogen) atoms. The summed E-state index contributed by atoms with van der Waals surface area (Å²) in [5, 5.41) is 38.4. The minimum Gasteiger partial charge on any atom is -0.622 e. The van der Waals surface area contributed by atoms with Crippen LogP contribution in [-0.2, 0) is 0 Å². The molecule has 1 heterocycles. The first kappa shape index (κ1) is 16.2. The molecule has 6 nitrogen and oxygen atoms in total. The molecule has 1 aliphatic heterocycles. The van der Waals surface area contributed by atoms with E-state index in [-0.39, 0.29) is 0 Å². The number of hydroxylamine groups is 3. The fourth-order valence-electron chi connectivity index (χ4n) is 3.75. The molecule has 7 heteroatoms. The van der Waals surface area contributed by atoms with E-state index in [4.69, 9.17) is 11.6 Å². The van der Waals surface area contributed by atoms with Gasteiger partial charge >= 0.3 is 0 Å². The molecule has 0 amide bonds. The summed E-state index contributed by atoms with van der Waals surface area (Å²) in [7, 11) is 0. The Morgan fingerprint density at radius 3 is 2.52 bits per heavy atom. The zero-order valence-corrected chi connectivity index (χ0v) is 13.9. The molecular weight excluding hydrogens is 318 g/mol. The monoisotopic (exact) mass is 337 g/mol. The summed E-state index contributed by atoms with van der Waals surface area (Å²) < 4.78 is 0.810. The molecule has 3 rings (SSSR count). The van der Waals surface area contributed by atoms with E-state index in [1.54, 1.807) is 38.1 Å². The number of hydrogen-bond acceptors (Lipinski definition) is 5. The molecule has 0 saturated heterocycles. The van der Waals surface area contributed by atoms with Crippen molar-refractivity contribution in [2.45, 2.75) is 50.7 Å². The molecule has 1 unspecified atom stereocenters. The van der Waals surface area contributed by atoms with Crippen molar-refractivity contribution in [2.24, 2.45) is 5.16 Å². The van der Waals surface area contributed by atoms with Crippen LogP contribution in [0.15, 0.2) is 29.4 Å². The van der Waals surface area contributed by atoms with Crippen LogP contribution < -0.4 is 0 Å². The molecule has 1 saturated carbocycles. The molecular formula is C16H20ClN3O3. The van der Waals surface area contributed by atoms with Crippen LogP contribution in [0.25, 0.3) is 0 Å². The van der Waals surface area contributed by atoms with Crippen molar-refractivity contribution in [3.05, 3.63) is 40.1 Å².